The van der Waals surface area contributed by atoms with E-state index in [2.05, 4.69) is 47.1 Å². The minimum Gasteiger partial charge on any atom is -0.353 e. The van der Waals surface area contributed by atoms with Crippen molar-refractivity contribution in [2.45, 2.75) is 38.8 Å². The van der Waals surface area contributed by atoms with Gasteiger partial charge in [0, 0.05) is 38.1 Å². The zero-order valence-corrected chi connectivity index (χ0v) is 11.2. The fourth-order valence-corrected chi connectivity index (χ4v) is 2.58. The van der Waals surface area contributed by atoms with Crippen molar-refractivity contribution in [3.8, 4) is 0 Å². The monoisotopic (exact) mass is 235 g/mol. The molecule has 0 amide bonds. The molecule has 0 aliphatic carbocycles. The number of likely N-dealkylation sites (tertiary alicyclic amines) is 1. The van der Waals surface area contributed by atoms with E-state index in [0.717, 1.165) is 13.1 Å². The zero-order valence-electron chi connectivity index (χ0n) is 11.2. The van der Waals surface area contributed by atoms with Crippen LogP contribution in [0.25, 0.3) is 0 Å². The Morgan fingerprint density at radius 2 is 2.06 bits per heavy atom. The van der Waals surface area contributed by atoms with E-state index in [4.69, 9.17) is 0 Å². The molecule has 2 heterocycles. The first kappa shape index (κ1) is 12.7. The SMILES string of the molecule is CC(CNCc1cccn1C)N1CCCCC1. The molecule has 0 saturated carbocycles. The summed E-state index contributed by atoms with van der Waals surface area (Å²) in [6.45, 7) is 6.97. The molecule has 1 aliphatic rings. The molecule has 1 fully saturated rings. The van der Waals surface area contributed by atoms with Gasteiger partial charge >= 0.3 is 0 Å². The van der Waals surface area contributed by atoms with Crippen LogP contribution < -0.4 is 5.32 Å². The summed E-state index contributed by atoms with van der Waals surface area (Å²) >= 11 is 0. The topological polar surface area (TPSA) is 20.2 Å². The third-order valence-electron chi connectivity index (χ3n) is 3.81. The summed E-state index contributed by atoms with van der Waals surface area (Å²) in [6.07, 6.45) is 6.27. The molecule has 1 N–H and O–H groups in total. The van der Waals surface area contributed by atoms with Crippen molar-refractivity contribution in [3.05, 3.63) is 24.0 Å². The summed E-state index contributed by atoms with van der Waals surface area (Å²) in [5.41, 5.74) is 1.36. The highest BCUT2D eigenvalue weighted by molar-refractivity contribution is 5.05. The lowest BCUT2D eigenvalue weighted by atomic mass is 10.1. The Balaban J connectivity index is 1.69. The number of nitrogens with zero attached hydrogens (tertiary/aromatic N) is 2. The first-order valence-electron chi connectivity index (χ1n) is 6.82. The minimum atomic E-state index is 0.663. The summed E-state index contributed by atoms with van der Waals surface area (Å²) in [7, 11) is 2.10. The van der Waals surface area contributed by atoms with Gasteiger partial charge in [-0.25, -0.2) is 0 Å². The van der Waals surface area contributed by atoms with E-state index in [1.165, 1.54) is 38.0 Å². The van der Waals surface area contributed by atoms with Gasteiger partial charge in [0.05, 0.1) is 0 Å². The summed E-state index contributed by atoms with van der Waals surface area (Å²) < 4.78 is 2.18. The van der Waals surface area contributed by atoms with E-state index < -0.39 is 0 Å². The van der Waals surface area contributed by atoms with Gasteiger partial charge in [0.15, 0.2) is 0 Å². The van der Waals surface area contributed by atoms with Crippen LogP contribution in [0, 0.1) is 0 Å². The fraction of sp³-hybridized carbons (Fsp3) is 0.714. The van der Waals surface area contributed by atoms with E-state index in [1.807, 2.05) is 0 Å². The van der Waals surface area contributed by atoms with Gasteiger partial charge in [0.25, 0.3) is 0 Å². The van der Waals surface area contributed by atoms with Gasteiger partial charge in [-0.2, -0.15) is 0 Å². The highest BCUT2D eigenvalue weighted by Crippen LogP contribution is 2.11. The maximum Gasteiger partial charge on any atom is 0.0359 e. The first-order valence-corrected chi connectivity index (χ1v) is 6.82. The van der Waals surface area contributed by atoms with Gasteiger partial charge in [-0.05, 0) is 45.0 Å². The molecule has 0 spiro atoms. The molecule has 1 atom stereocenters. The van der Waals surface area contributed by atoms with Crippen LogP contribution in [0.4, 0.5) is 0 Å². The van der Waals surface area contributed by atoms with E-state index in [0.29, 0.717) is 6.04 Å². The standard InChI is InChI=1S/C14H25N3/c1-13(17-9-4-3-5-10-17)11-15-12-14-7-6-8-16(14)2/h6-8,13,15H,3-5,9-12H2,1-2H3. The molecule has 1 aliphatic heterocycles. The summed E-state index contributed by atoms with van der Waals surface area (Å²) in [4.78, 5) is 2.61. The third-order valence-corrected chi connectivity index (χ3v) is 3.81. The summed E-state index contributed by atoms with van der Waals surface area (Å²) in [5.74, 6) is 0. The normalized spacial score (nSPS) is 19.4. The van der Waals surface area contributed by atoms with Crippen LogP contribution in [0.3, 0.4) is 0 Å². The zero-order chi connectivity index (χ0) is 12.1. The van der Waals surface area contributed by atoms with Gasteiger partial charge in [0.1, 0.15) is 0 Å². The predicted octanol–water partition coefficient (Wildman–Crippen LogP) is 1.99. The third kappa shape index (κ3) is 3.58. The number of nitrogens with one attached hydrogen (secondary N) is 1. The summed E-state index contributed by atoms with van der Waals surface area (Å²) in [5, 5.41) is 3.56. The Morgan fingerprint density at radius 1 is 1.29 bits per heavy atom. The van der Waals surface area contributed by atoms with Crippen molar-refractivity contribution in [2.75, 3.05) is 19.6 Å². The molecule has 0 bridgehead atoms. The lowest BCUT2D eigenvalue weighted by Gasteiger charge is -2.32. The van der Waals surface area contributed by atoms with Gasteiger partial charge in [0.2, 0.25) is 0 Å². The smallest absolute Gasteiger partial charge is 0.0359 e. The highest BCUT2D eigenvalue weighted by Gasteiger charge is 2.15. The molecule has 3 nitrogen and oxygen atoms in total. The van der Waals surface area contributed by atoms with Gasteiger partial charge in [-0.1, -0.05) is 6.42 Å². The van der Waals surface area contributed by atoms with Gasteiger partial charge in [-0.3, -0.25) is 4.90 Å². The average Bonchev–Trinajstić information content (AvgIpc) is 2.76. The average molecular weight is 235 g/mol. The molecule has 1 saturated heterocycles. The molecule has 2 rings (SSSR count). The Morgan fingerprint density at radius 3 is 2.71 bits per heavy atom. The summed E-state index contributed by atoms with van der Waals surface area (Å²) in [6, 6.07) is 4.94. The predicted molar refractivity (Wildman–Crippen MR) is 72.0 cm³/mol. The molecule has 3 heteroatoms. The molecule has 0 radical (unpaired) electrons. The minimum absolute atomic E-state index is 0.663. The van der Waals surface area contributed by atoms with E-state index in [1.54, 1.807) is 0 Å². The second kappa shape index (κ2) is 6.22. The molecule has 1 aromatic heterocycles. The molecular weight excluding hydrogens is 210 g/mol. The molecule has 1 aromatic rings. The molecule has 0 aromatic carbocycles. The number of aryl methyl sites for hydroxylation is 1. The first-order chi connectivity index (χ1) is 8.27. The second-order valence-corrected chi connectivity index (χ2v) is 5.19. The maximum absolute atomic E-state index is 3.56. The lowest BCUT2D eigenvalue weighted by molar-refractivity contribution is 0.170. The largest absolute Gasteiger partial charge is 0.353 e. The van der Waals surface area contributed by atoms with Crippen LogP contribution in [0.15, 0.2) is 18.3 Å². The highest BCUT2D eigenvalue weighted by atomic mass is 15.2. The van der Waals surface area contributed by atoms with Crippen LogP contribution >= 0.6 is 0 Å². The van der Waals surface area contributed by atoms with Crippen LogP contribution in [0.1, 0.15) is 31.9 Å². The molecule has 17 heavy (non-hydrogen) atoms. The second-order valence-electron chi connectivity index (χ2n) is 5.19. The Bertz CT molecular complexity index is 326. The van der Waals surface area contributed by atoms with Crippen molar-refractivity contribution >= 4 is 0 Å². The Hall–Kier alpha value is -0.800. The van der Waals surface area contributed by atoms with Crippen LogP contribution in [0.5, 0.6) is 0 Å². The van der Waals surface area contributed by atoms with Crippen molar-refractivity contribution < 1.29 is 0 Å². The van der Waals surface area contributed by atoms with Gasteiger partial charge < -0.3 is 9.88 Å². The number of hydrogen-bond donors (Lipinski definition) is 1. The van der Waals surface area contributed by atoms with Crippen molar-refractivity contribution in [1.29, 1.82) is 0 Å². The van der Waals surface area contributed by atoms with Crippen molar-refractivity contribution in [1.82, 2.24) is 14.8 Å². The number of aromatic nitrogens is 1. The quantitative estimate of drug-likeness (QED) is 0.842. The number of piperidine rings is 1. The van der Waals surface area contributed by atoms with Crippen molar-refractivity contribution in [3.63, 3.8) is 0 Å². The van der Waals surface area contributed by atoms with Gasteiger partial charge in [-0.15, -0.1) is 0 Å². The van der Waals surface area contributed by atoms with Crippen LogP contribution in [-0.4, -0.2) is 35.1 Å². The van der Waals surface area contributed by atoms with Crippen LogP contribution in [0.2, 0.25) is 0 Å². The lowest BCUT2D eigenvalue weighted by Crippen LogP contribution is -2.43. The Kier molecular flexibility index (Phi) is 4.63. The number of rotatable bonds is 5. The van der Waals surface area contributed by atoms with E-state index in [-0.39, 0.29) is 0 Å². The maximum atomic E-state index is 3.56. The van der Waals surface area contributed by atoms with Crippen molar-refractivity contribution in [2.24, 2.45) is 7.05 Å². The Labute approximate surface area is 105 Å². The fourth-order valence-electron chi connectivity index (χ4n) is 2.58. The van der Waals surface area contributed by atoms with E-state index in [9.17, 15) is 0 Å². The van der Waals surface area contributed by atoms with E-state index >= 15 is 0 Å². The molecule has 96 valence electrons. The molecule has 1 unspecified atom stereocenters. The van der Waals surface area contributed by atoms with Crippen LogP contribution in [-0.2, 0) is 13.6 Å². The molecular formula is C14H25N3. The number of hydrogen-bond acceptors (Lipinski definition) is 2.